The first-order chi connectivity index (χ1) is 16.4. The summed E-state index contributed by atoms with van der Waals surface area (Å²) < 4.78 is 0. The van der Waals surface area contributed by atoms with Gasteiger partial charge >= 0.3 is 6.03 Å². The number of hydrogen-bond donors (Lipinski definition) is 0. The Hall–Kier alpha value is -4.56. The van der Waals surface area contributed by atoms with Crippen molar-refractivity contribution in [3.63, 3.8) is 0 Å². The van der Waals surface area contributed by atoms with E-state index in [9.17, 15) is 15.3 Å². The predicted molar refractivity (Wildman–Crippen MR) is 127 cm³/mol. The molecule has 0 bridgehead atoms. The zero-order chi connectivity index (χ0) is 23.9. The Morgan fingerprint density at radius 2 is 2.06 bits per heavy atom. The van der Waals surface area contributed by atoms with Crippen molar-refractivity contribution in [2.75, 3.05) is 11.4 Å². The van der Waals surface area contributed by atoms with E-state index in [0.717, 1.165) is 11.3 Å². The number of amides is 2. The van der Waals surface area contributed by atoms with Crippen LogP contribution in [-0.2, 0) is 5.41 Å². The molecule has 8 nitrogen and oxygen atoms in total. The maximum absolute atomic E-state index is 13.7. The zero-order valence-corrected chi connectivity index (χ0v) is 18.8. The molecule has 8 heteroatoms. The lowest BCUT2D eigenvalue weighted by molar-refractivity contribution is 0.217. The van der Waals surface area contributed by atoms with Crippen LogP contribution in [0.1, 0.15) is 25.1 Å². The highest BCUT2D eigenvalue weighted by Crippen LogP contribution is 2.47. The van der Waals surface area contributed by atoms with Gasteiger partial charge in [0.25, 0.3) is 0 Å². The molecule has 0 radical (unpaired) electrons. The van der Waals surface area contributed by atoms with Gasteiger partial charge in [0, 0.05) is 18.0 Å². The summed E-state index contributed by atoms with van der Waals surface area (Å²) in [6.07, 6.45) is 14.6. The fourth-order valence-corrected chi connectivity index (χ4v) is 4.62. The number of carbonyl (C=O) groups excluding carboxylic acids is 1. The minimum Gasteiger partial charge on any atom is -0.301 e. The van der Waals surface area contributed by atoms with Crippen molar-refractivity contribution in [2.24, 2.45) is 4.99 Å². The van der Waals surface area contributed by atoms with E-state index in [1.54, 1.807) is 54.4 Å². The molecule has 0 aromatic carbocycles. The molecule has 4 heterocycles. The topological polar surface area (TPSA) is 109 Å². The molecule has 2 aliphatic heterocycles. The number of hydrogen-bond acceptors (Lipinski definition) is 6. The second-order valence-electron chi connectivity index (χ2n) is 8.82. The summed E-state index contributed by atoms with van der Waals surface area (Å²) in [6, 6.07) is 11.0. The summed E-state index contributed by atoms with van der Waals surface area (Å²) in [7, 11) is 0. The quantitative estimate of drug-likeness (QED) is 0.665. The van der Waals surface area contributed by atoms with E-state index in [1.807, 2.05) is 42.5 Å². The standard InChI is InChI=1S/C26H21N7O/c1-25(2,17-28)21-9-8-19(16-30-21)33-24(34)32(14-12-27)23-7-3-6-22-26(23,33)11-10-20(31-22)18-5-4-13-29-15-18/h3-11,13,15-16,23H,14H2,1-2H3. The van der Waals surface area contributed by atoms with Gasteiger partial charge in [0.1, 0.15) is 12.1 Å². The summed E-state index contributed by atoms with van der Waals surface area (Å²) in [5, 5.41) is 18.9. The third kappa shape index (κ3) is 3.04. The normalized spacial score (nSPS) is 22.9. The van der Waals surface area contributed by atoms with E-state index in [-0.39, 0.29) is 12.6 Å². The largest absolute Gasteiger partial charge is 0.327 e. The van der Waals surface area contributed by atoms with Crippen molar-refractivity contribution < 1.29 is 4.79 Å². The Morgan fingerprint density at radius 1 is 1.21 bits per heavy atom. The molecular weight excluding hydrogens is 426 g/mol. The lowest BCUT2D eigenvalue weighted by Crippen LogP contribution is -2.53. The third-order valence-corrected chi connectivity index (χ3v) is 6.41. The molecule has 2 unspecified atom stereocenters. The highest BCUT2D eigenvalue weighted by atomic mass is 16.2. The Morgan fingerprint density at radius 3 is 2.74 bits per heavy atom. The van der Waals surface area contributed by atoms with Crippen molar-refractivity contribution in [3.8, 4) is 12.1 Å². The number of nitriles is 2. The van der Waals surface area contributed by atoms with Crippen molar-refractivity contribution >= 4 is 17.4 Å². The number of carbonyl (C=O) groups is 1. The fraction of sp³-hybridized carbons (Fsp3) is 0.231. The molecule has 1 spiro atoms. The van der Waals surface area contributed by atoms with Gasteiger partial charge in [0.2, 0.25) is 0 Å². The van der Waals surface area contributed by atoms with Gasteiger partial charge in [-0.15, -0.1) is 0 Å². The minimum absolute atomic E-state index is 0.0562. The first-order valence-electron chi connectivity index (χ1n) is 10.9. The van der Waals surface area contributed by atoms with Gasteiger partial charge < -0.3 is 4.90 Å². The average Bonchev–Trinajstić information content (AvgIpc) is 3.11. The number of nitrogens with zero attached hydrogens (tertiary/aromatic N) is 7. The number of pyridine rings is 2. The number of urea groups is 1. The third-order valence-electron chi connectivity index (χ3n) is 6.41. The predicted octanol–water partition coefficient (Wildman–Crippen LogP) is 3.66. The van der Waals surface area contributed by atoms with E-state index in [0.29, 0.717) is 17.1 Å². The summed E-state index contributed by atoms with van der Waals surface area (Å²) in [6.45, 7) is 3.54. The van der Waals surface area contributed by atoms with Crippen molar-refractivity contribution in [3.05, 3.63) is 90.2 Å². The Labute approximate surface area is 197 Å². The van der Waals surface area contributed by atoms with E-state index in [4.69, 9.17) is 4.99 Å². The molecule has 2 aromatic heterocycles. The molecule has 5 rings (SSSR count). The average molecular weight is 448 g/mol. The zero-order valence-electron chi connectivity index (χ0n) is 18.8. The van der Waals surface area contributed by atoms with E-state index in [2.05, 4.69) is 22.1 Å². The van der Waals surface area contributed by atoms with Gasteiger partial charge in [-0.25, -0.2) is 9.79 Å². The number of aliphatic imine (C=N–C) groups is 1. The number of rotatable bonds is 4. The molecular formula is C26H21N7O. The number of allylic oxidation sites excluding steroid dienone is 3. The van der Waals surface area contributed by atoms with E-state index in [1.165, 1.54) is 0 Å². The van der Waals surface area contributed by atoms with Crippen LogP contribution in [0.3, 0.4) is 0 Å². The number of dihydropyridines is 1. The van der Waals surface area contributed by atoms with Gasteiger partial charge in [-0.1, -0.05) is 12.2 Å². The Bertz CT molecular complexity index is 1360. The van der Waals surface area contributed by atoms with Gasteiger partial charge in [-0.2, -0.15) is 10.5 Å². The lowest BCUT2D eigenvalue weighted by atomic mass is 9.80. The van der Waals surface area contributed by atoms with Crippen LogP contribution in [0.15, 0.2) is 83.9 Å². The van der Waals surface area contributed by atoms with Crippen LogP contribution < -0.4 is 4.90 Å². The van der Waals surface area contributed by atoms with Crippen LogP contribution in [0.4, 0.5) is 10.5 Å². The summed E-state index contributed by atoms with van der Waals surface area (Å²) >= 11 is 0. The molecule has 1 fully saturated rings. The van der Waals surface area contributed by atoms with Gasteiger partial charge in [0.15, 0.2) is 0 Å². The lowest BCUT2D eigenvalue weighted by Gasteiger charge is -2.41. The Kier molecular flexibility index (Phi) is 4.88. The highest BCUT2D eigenvalue weighted by Gasteiger charge is 2.59. The second-order valence-corrected chi connectivity index (χ2v) is 8.82. The summed E-state index contributed by atoms with van der Waals surface area (Å²) in [5.41, 5.74) is 1.80. The van der Waals surface area contributed by atoms with Crippen LogP contribution in [-0.4, -0.2) is 44.7 Å². The van der Waals surface area contributed by atoms with Crippen LogP contribution in [0, 0.1) is 22.7 Å². The van der Waals surface area contributed by atoms with Crippen LogP contribution in [0.25, 0.3) is 0 Å². The van der Waals surface area contributed by atoms with Crippen LogP contribution >= 0.6 is 0 Å². The minimum atomic E-state index is -0.928. The van der Waals surface area contributed by atoms with Crippen molar-refractivity contribution in [2.45, 2.75) is 30.8 Å². The van der Waals surface area contributed by atoms with Gasteiger partial charge in [-0.3, -0.25) is 14.9 Å². The first-order valence-corrected chi connectivity index (χ1v) is 10.9. The first kappa shape index (κ1) is 21.3. The molecule has 2 aromatic rings. The SMILES string of the molecule is CC(C)(C#N)c1ccc(N2C(=O)N(CC#N)C3C=CC=C4N=C(c5cccnc5)C=CC432)cn1. The summed E-state index contributed by atoms with van der Waals surface area (Å²) in [5.74, 6) is 0. The molecule has 166 valence electrons. The van der Waals surface area contributed by atoms with Gasteiger partial charge in [0.05, 0.1) is 52.6 Å². The molecule has 0 saturated carbocycles. The van der Waals surface area contributed by atoms with Gasteiger partial charge in [-0.05, 0) is 56.3 Å². The summed E-state index contributed by atoms with van der Waals surface area (Å²) in [4.78, 5) is 30.5. The number of aromatic nitrogens is 2. The van der Waals surface area contributed by atoms with Crippen molar-refractivity contribution in [1.29, 1.82) is 10.5 Å². The molecule has 3 aliphatic rings. The fourth-order valence-electron chi connectivity index (χ4n) is 4.62. The highest BCUT2D eigenvalue weighted by molar-refractivity contribution is 6.11. The number of anilines is 1. The second kappa shape index (κ2) is 7.79. The molecule has 2 atom stereocenters. The molecule has 2 amide bonds. The van der Waals surface area contributed by atoms with Crippen LogP contribution in [0.5, 0.6) is 0 Å². The Balaban J connectivity index is 1.64. The smallest absolute Gasteiger partial charge is 0.301 e. The molecule has 34 heavy (non-hydrogen) atoms. The van der Waals surface area contributed by atoms with E-state index < -0.39 is 17.0 Å². The van der Waals surface area contributed by atoms with Crippen molar-refractivity contribution in [1.82, 2.24) is 14.9 Å². The molecule has 1 saturated heterocycles. The van der Waals surface area contributed by atoms with Crippen LogP contribution in [0.2, 0.25) is 0 Å². The maximum Gasteiger partial charge on any atom is 0.327 e. The molecule has 1 aliphatic carbocycles. The monoisotopic (exact) mass is 447 g/mol. The van der Waals surface area contributed by atoms with E-state index >= 15 is 0 Å². The molecule has 0 N–H and O–H groups in total. The maximum atomic E-state index is 13.7.